The number of hydrogen-bond donors (Lipinski definition) is 1. The highest BCUT2D eigenvalue weighted by molar-refractivity contribution is 5.26. The summed E-state index contributed by atoms with van der Waals surface area (Å²) in [6.07, 6.45) is 2.69. The van der Waals surface area contributed by atoms with Gasteiger partial charge in [0.05, 0.1) is 0 Å². The third-order valence-corrected chi connectivity index (χ3v) is 4.64. The van der Waals surface area contributed by atoms with Crippen LogP contribution >= 0.6 is 0 Å². The van der Waals surface area contributed by atoms with E-state index in [1.165, 1.54) is 42.6 Å². The lowest BCUT2D eigenvalue weighted by atomic mass is 10.0. The molecule has 1 heterocycles. The molecule has 0 radical (unpaired) electrons. The molecule has 1 aliphatic heterocycles. The first-order valence-corrected chi connectivity index (χ1v) is 8.38. The lowest BCUT2D eigenvalue weighted by Gasteiger charge is -2.25. The average Bonchev–Trinajstić information content (AvgIpc) is 3.07. The van der Waals surface area contributed by atoms with Crippen LogP contribution in [0.4, 0.5) is 0 Å². The fraction of sp³-hybridized carbons (Fsp3) is 0.400. The molecule has 0 spiro atoms. The largest absolute Gasteiger partial charge is 0.305 e. The highest BCUT2D eigenvalue weighted by Gasteiger charge is 2.18. The van der Waals surface area contributed by atoms with E-state index in [-0.39, 0.29) is 0 Å². The van der Waals surface area contributed by atoms with Crippen molar-refractivity contribution in [3.63, 3.8) is 0 Å². The van der Waals surface area contributed by atoms with E-state index in [4.69, 9.17) is 0 Å². The maximum absolute atomic E-state index is 3.78. The van der Waals surface area contributed by atoms with Crippen molar-refractivity contribution in [1.29, 1.82) is 0 Å². The molecule has 1 atom stereocenters. The Balaban J connectivity index is 1.69. The number of likely N-dealkylation sites (tertiary alicyclic amines) is 1. The van der Waals surface area contributed by atoms with Gasteiger partial charge in [0.2, 0.25) is 0 Å². The minimum Gasteiger partial charge on any atom is -0.305 e. The SMILES string of the molecule is Cc1ccccc1CNC(CN1CCCC1)c1ccccc1. The smallest absolute Gasteiger partial charge is 0.0451 e. The van der Waals surface area contributed by atoms with Crippen LogP contribution in [0.15, 0.2) is 54.6 Å². The van der Waals surface area contributed by atoms with Crippen molar-refractivity contribution in [2.24, 2.45) is 0 Å². The highest BCUT2D eigenvalue weighted by atomic mass is 15.2. The molecule has 116 valence electrons. The first-order chi connectivity index (χ1) is 10.8. The first kappa shape index (κ1) is 15.3. The zero-order valence-electron chi connectivity index (χ0n) is 13.5. The molecule has 1 aliphatic rings. The normalized spacial score (nSPS) is 16.8. The van der Waals surface area contributed by atoms with E-state index in [0.717, 1.165) is 13.1 Å². The van der Waals surface area contributed by atoms with Gasteiger partial charge in [0, 0.05) is 19.1 Å². The Morgan fingerprint density at radius 2 is 1.64 bits per heavy atom. The summed E-state index contributed by atoms with van der Waals surface area (Å²) in [6.45, 7) is 6.72. The molecular weight excluding hydrogens is 268 g/mol. The number of benzene rings is 2. The molecule has 2 heteroatoms. The van der Waals surface area contributed by atoms with Crippen molar-refractivity contribution in [1.82, 2.24) is 10.2 Å². The maximum atomic E-state index is 3.78. The second kappa shape index (κ2) is 7.57. The monoisotopic (exact) mass is 294 g/mol. The fourth-order valence-electron chi connectivity index (χ4n) is 3.24. The van der Waals surface area contributed by atoms with Crippen LogP contribution < -0.4 is 5.32 Å². The molecule has 1 saturated heterocycles. The minimum absolute atomic E-state index is 0.402. The van der Waals surface area contributed by atoms with Gasteiger partial charge in [0.15, 0.2) is 0 Å². The third-order valence-electron chi connectivity index (χ3n) is 4.64. The predicted molar refractivity (Wildman–Crippen MR) is 92.9 cm³/mol. The van der Waals surface area contributed by atoms with Gasteiger partial charge in [-0.15, -0.1) is 0 Å². The van der Waals surface area contributed by atoms with Crippen LogP contribution in [0.3, 0.4) is 0 Å². The summed E-state index contributed by atoms with van der Waals surface area (Å²) in [4.78, 5) is 2.59. The zero-order chi connectivity index (χ0) is 15.2. The van der Waals surface area contributed by atoms with Crippen LogP contribution in [0.1, 0.15) is 35.6 Å². The van der Waals surface area contributed by atoms with E-state index in [1.54, 1.807) is 0 Å². The van der Waals surface area contributed by atoms with Gasteiger partial charge in [-0.3, -0.25) is 0 Å². The second-order valence-electron chi connectivity index (χ2n) is 6.28. The molecule has 1 unspecified atom stereocenters. The first-order valence-electron chi connectivity index (χ1n) is 8.38. The van der Waals surface area contributed by atoms with E-state index in [1.807, 2.05) is 0 Å². The topological polar surface area (TPSA) is 15.3 Å². The third kappa shape index (κ3) is 3.96. The summed E-state index contributed by atoms with van der Waals surface area (Å²) in [5.41, 5.74) is 4.15. The number of nitrogens with zero attached hydrogens (tertiary/aromatic N) is 1. The molecule has 2 nitrogen and oxygen atoms in total. The molecule has 22 heavy (non-hydrogen) atoms. The number of rotatable bonds is 6. The highest BCUT2D eigenvalue weighted by Crippen LogP contribution is 2.19. The molecule has 2 aromatic rings. The molecule has 3 rings (SSSR count). The van der Waals surface area contributed by atoms with Gasteiger partial charge in [-0.25, -0.2) is 0 Å². The van der Waals surface area contributed by atoms with Gasteiger partial charge >= 0.3 is 0 Å². The molecule has 0 bridgehead atoms. The van der Waals surface area contributed by atoms with E-state index in [2.05, 4.69) is 71.7 Å². The number of aryl methyl sites for hydroxylation is 1. The van der Waals surface area contributed by atoms with Crippen molar-refractivity contribution < 1.29 is 0 Å². The quantitative estimate of drug-likeness (QED) is 0.868. The van der Waals surface area contributed by atoms with Crippen molar-refractivity contribution in [3.8, 4) is 0 Å². The molecule has 0 saturated carbocycles. The standard InChI is InChI=1S/C20H26N2/c1-17-9-5-6-12-19(17)15-21-20(16-22-13-7-8-14-22)18-10-3-2-4-11-18/h2-6,9-12,20-21H,7-8,13-16H2,1H3. The van der Waals surface area contributed by atoms with E-state index in [0.29, 0.717) is 6.04 Å². The number of hydrogen-bond acceptors (Lipinski definition) is 2. The van der Waals surface area contributed by atoms with E-state index >= 15 is 0 Å². The Morgan fingerprint density at radius 1 is 0.955 bits per heavy atom. The van der Waals surface area contributed by atoms with Gasteiger partial charge < -0.3 is 10.2 Å². The lowest BCUT2D eigenvalue weighted by molar-refractivity contribution is 0.291. The second-order valence-corrected chi connectivity index (χ2v) is 6.28. The van der Waals surface area contributed by atoms with Crippen molar-refractivity contribution >= 4 is 0 Å². The summed E-state index contributed by atoms with van der Waals surface area (Å²) >= 11 is 0. The van der Waals surface area contributed by atoms with Crippen LogP contribution in [-0.2, 0) is 6.54 Å². The van der Waals surface area contributed by atoms with Gasteiger partial charge in [0.1, 0.15) is 0 Å². The Kier molecular flexibility index (Phi) is 5.25. The molecule has 2 aromatic carbocycles. The molecule has 0 aliphatic carbocycles. The fourth-order valence-corrected chi connectivity index (χ4v) is 3.24. The Labute approximate surface area is 134 Å². The summed E-state index contributed by atoms with van der Waals surface area (Å²) in [7, 11) is 0. The van der Waals surface area contributed by atoms with Crippen LogP contribution in [0.25, 0.3) is 0 Å². The molecular formula is C20H26N2. The molecule has 0 aromatic heterocycles. The van der Waals surface area contributed by atoms with Crippen LogP contribution in [0.2, 0.25) is 0 Å². The Morgan fingerprint density at radius 3 is 2.36 bits per heavy atom. The predicted octanol–water partition coefficient (Wildman–Crippen LogP) is 3.92. The lowest BCUT2D eigenvalue weighted by Crippen LogP contribution is -2.33. The molecule has 1 N–H and O–H groups in total. The van der Waals surface area contributed by atoms with Crippen LogP contribution in [-0.4, -0.2) is 24.5 Å². The summed E-state index contributed by atoms with van der Waals surface area (Å²) in [5.74, 6) is 0. The maximum Gasteiger partial charge on any atom is 0.0451 e. The Bertz CT molecular complexity index is 573. The summed E-state index contributed by atoms with van der Waals surface area (Å²) in [6, 6.07) is 19.9. The van der Waals surface area contributed by atoms with E-state index in [9.17, 15) is 0 Å². The average molecular weight is 294 g/mol. The van der Waals surface area contributed by atoms with Crippen molar-refractivity contribution in [3.05, 3.63) is 71.3 Å². The number of nitrogens with one attached hydrogen (secondary N) is 1. The van der Waals surface area contributed by atoms with Gasteiger partial charge in [-0.1, -0.05) is 54.6 Å². The van der Waals surface area contributed by atoms with Crippen molar-refractivity contribution in [2.75, 3.05) is 19.6 Å². The van der Waals surface area contributed by atoms with Crippen LogP contribution in [0, 0.1) is 6.92 Å². The zero-order valence-corrected chi connectivity index (χ0v) is 13.5. The van der Waals surface area contributed by atoms with Gasteiger partial charge in [0.25, 0.3) is 0 Å². The summed E-state index contributed by atoms with van der Waals surface area (Å²) < 4.78 is 0. The van der Waals surface area contributed by atoms with Crippen molar-refractivity contribution in [2.45, 2.75) is 32.4 Å². The van der Waals surface area contributed by atoms with E-state index < -0.39 is 0 Å². The molecule has 1 fully saturated rings. The van der Waals surface area contributed by atoms with Crippen LogP contribution in [0.5, 0.6) is 0 Å². The van der Waals surface area contributed by atoms with Gasteiger partial charge in [-0.2, -0.15) is 0 Å². The molecule has 0 amide bonds. The summed E-state index contributed by atoms with van der Waals surface area (Å²) in [5, 5.41) is 3.78. The minimum atomic E-state index is 0.402. The van der Waals surface area contributed by atoms with Gasteiger partial charge in [-0.05, 0) is 49.5 Å². The Hall–Kier alpha value is -1.64.